The molecule has 6 N–H and O–H groups in total. The van der Waals surface area contributed by atoms with Crippen molar-refractivity contribution in [2.75, 3.05) is 11.2 Å². The predicted octanol–water partition coefficient (Wildman–Crippen LogP) is -13.4. The van der Waals surface area contributed by atoms with E-state index >= 15 is 0 Å². The van der Waals surface area contributed by atoms with Gasteiger partial charge >= 0.3 is 148 Å². The standard InChI is InChI=1S/C35H25ClN10O17S5.5Na/c36-16-3-1-4-17(13-16)38-33-40-34(42-35(48)41-33)39-18-7-10-24(65(52,53)54)22(14-18)44-46-30-26(67(58,59)60)12-15-11-25(66(55,56)57)29(28(37)27(15)31(30)47)45-43-21-9-8-19-20(32(21)68(61,62)63)5-2-6-23(19)64(49,50)51;;;;;/h1-14,44H,37H2,(H,49,50,51)(H,52,53,54)(H,55,56,57)(H,58,59,60)(H,61,62,63)(H3,38,39,40,41,42,48);;;;;/q;5*+1/p-5/b45-43?,46-30+;;;;;. The fourth-order valence-electron chi connectivity index (χ4n) is 6.35. The van der Waals surface area contributed by atoms with Crippen molar-refractivity contribution in [3.63, 3.8) is 0 Å². The van der Waals surface area contributed by atoms with Crippen molar-refractivity contribution < 1.29 is 223 Å². The molecule has 354 valence electrons. The molecule has 0 atom stereocenters. The zero-order valence-electron chi connectivity index (χ0n) is 37.7. The molecule has 0 fully saturated rings. The fraction of sp³-hybridized carbons (Fsp3) is 0. The molecule has 0 saturated heterocycles. The second kappa shape index (κ2) is 25.6. The topological polar surface area (TPSA) is 468 Å². The van der Waals surface area contributed by atoms with Gasteiger partial charge in [-0.1, -0.05) is 35.9 Å². The zero-order valence-corrected chi connectivity index (χ0v) is 52.6. The van der Waals surface area contributed by atoms with Crippen LogP contribution >= 0.6 is 11.6 Å². The second-order valence-corrected chi connectivity index (χ2v) is 20.7. The number of hydrogen-bond acceptors (Lipinski definition) is 24. The third-order valence-electron chi connectivity index (χ3n) is 9.04. The molecule has 1 aromatic heterocycles. The van der Waals surface area contributed by atoms with Crippen LogP contribution in [0.2, 0.25) is 5.02 Å². The van der Waals surface area contributed by atoms with E-state index in [9.17, 15) is 74.8 Å². The monoisotopic (exact) mass is 1160 g/mol. The quantitative estimate of drug-likeness (QED) is 0.0264. The third-order valence-corrected chi connectivity index (χ3v) is 13.7. The molecule has 1 aliphatic carbocycles. The molecule has 0 bridgehead atoms. The van der Waals surface area contributed by atoms with E-state index in [1.807, 2.05) is 5.43 Å². The first-order valence-electron chi connectivity index (χ1n) is 17.7. The number of hydrazone groups is 1. The number of anilines is 2. The van der Waals surface area contributed by atoms with Crippen LogP contribution in [-0.2, 0) is 50.6 Å². The van der Waals surface area contributed by atoms with E-state index in [-0.39, 0.29) is 170 Å². The van der Waals surface area contributed by atoms with Crippen molar-refractivity contribution >= 4 is 125 Å². The number of aromatic nitrogens is 3. The third kappa shape index (κ3) is 15.6. The van der Waals surface area contributed by atoms with Crippen molar-refractivity contribution in [3.8, 4) is 6.01 Å². The number of nitrogens with two attached hydrogens (primary N) is 1. The Balaban J connectivity index is 0.00000365. The predicted molar refractivity (Wildman–Crippen MR) is 226 cm³/mol. The minimum atomic E-state index is -5.83. The van der Waals surface area contributed by atoms with Gasteiger partial charge in [-0.2, -0.15) is 13.5 Å². The number of hydrogen-bond donors (Lipinski definition) is 5. The van der Waals surface area contributed by atoms with Crippen LogP contribution in [0.5, 0.6) is 6.01 Å². The van der Waals surface area contributed by atoms with Crippen molar-refractivity contribution in [2.45, 2.75) is 19.6 Å². The summed E-state index contributed by atoms with van der Waals surface area (Å²) in [6.45, 7) is 0. The zero-order chi connectivity index (χ0) is 49.9. The molecule has 0 radical (unpaired) electrons. The maximum atomic E-state index is 14.1. The van der Waals surface area contributed by atoms with E-state index in [0.29, 0.717) is 29.3 Å². The number of rotatable bonds is 11. The smallest absolute Gasteiger partial charge is 0.846 e. The first-order chi connectivity index (χ1) is 31.5. The number of benzene rings is 5. The van der Waals surface area contributed by atoms with Crippen LogP contribution in [0.15, 0.2) is 129 Å². The van der Waals surface area contributed by atoms with Gasteiger partial charge < -0.3 is 34.0 Å². The summed E-state index contributed by atoms with van der Waals surface area (Å²) in [5.41, 5.74) is 0.300. The number of azo groups is 1. The molecule has 7 rings (SSSR count). The Labute approximate surface area is 527 Å². The first kappa shape index (κ1) is 67.0. The molecule has 0 saturated carbocycles. The van der Waals surface area contributed by atoms with E-state index in [1.165, 1.54) is 12.1 Å². The number of allylic oxidation sites excluding steroid dienone is 1. The number of Topliss-reactive ketones (excluding diaryl/α,β-unsaturated/α-hetero) is 1. The number of ketones is 1. The number of aromatic amines is 2. The van der Waals surface area contributed by atoms with Gasteiger partial charge in [-0.15, -0.1) is 10.2 Å². The van der Waals surface area contributed by atoms with Crippen LogP contribution in [0.3, 0.4) is 0 Å². The number of nitrogens with zero attached hydrogens (tertiary/aromatic N) is 6. The fourth-order valence-corrected chi connectivity index (χ4v) is 9.97. The Morgan fingerprint density at radius 3 is 1.88 bits per heavy atom. The van der Waals surface area contributed by atoms with Gasteiger partial charge in [0.2, 0.25) is 17.0 Å². The van der Waals surface area contributed by atoms with E-state index in [1.54, 1.807) is 12.1 Å². The van der Waals surface area contributed by atoms with Crippen LogP contribution in [0.4, 0.5) is 34.1 Å². The maximum Gasteiger partial charge on any atom is 1.00 e. The first-order valence-corrected chi connectivity index (χ1v) is 25.2. The van der Waals surface area contributed by atoms with E-state index in [2.05, 4.69) is 40.3 Å². The number of carbonyl (C=O) groups is 1. The minimum Gasteiger partial charge on any atom is -0.846 e. The molecule has 1 heterocycles. The summed E-state index contributed by atoms with van der Waals surface area (Å²) in [4.78, 5) is 24.6. The SMILES string of the molecule is Nc1c(N=Nc2ccc3c(S(=O)(=O)[O-])cccc3c2S(=O)(=O)O)c(S(=O)(=O)[O-])cc2c1C(=O)/C(=N/Nc1cc(N=c3[nH]c([O-])nc(=Nc4cccc(Cl)c4)[nH]3)ccc1S(=O)(=O)[O-])C(S(=O)(=O)[O-])=C2.[Na+].[Na+].[Na+].[Na+].[Na+]. The molecule has 1 aliphatic rings. The van der Waals surface area contributed by atoms with Gasteiger partial charge in [0.05, 0.1) is 53.9 Å². The van der Waals surface area contributed by atoms with Gasteiger partial charge in [-0.05, 0) is 66.2 Å². The summed E-state index contributed by atoms with van der Waals surface area (Å²) in [6, 6.07) is 12.2. The summed E-state index contributed by atoms with van der Waals surface area (Å²) in [5, 5.41) is 22.2. The largest absolute Gasteiger partial charge is 1.00 e. The van der Waals surface area contributed by atoms with Crippen molar-refractivity contribution in [3.05, 3.63) is 111 Å². The van der Waals surface area contributed by atoms with Gasteiger partial charge in [0.15, 0.2) is 0 Å². The second-order valence-electron chi connectivity index (χ2n) is 13.5. The van der Waals surface area contributed by atoms with Crippen LogP contribution < -0.4 is 175 Å². The molecule has 0 unspecified atom stereocenters. The number of fused-ring (bicyclic) bond motifs is 2. The molecule has 5 aromatic carbocycles. The Morgan fingerprint density at radius 2 is 1.29 bits per heavy atom. The molecule has 27 nitrogen and oxygen atoms in total. The van der Waals surface area contributed by atoms with Crippen LogP contribution in [0, 0.1) is 0 Å². The van der Waals surface area contributed by atoms with Crippen molar-refractivity contribution in [2.24, 2.45) is 25.3 Å². The number of halogens is 1. The molecule has 0 aliphatic heterocycles. The van der Waals surface area contributed by atoms with E-state index < -0.39 is 137 Å². The Kier molecular flexibility index (Phi) is 23.5. The Bertz CT molecular complexity index is 4070. The summed E-state index contributed by atoms with van der Waals surface area (Å²) >= 11 is 5.98. The van der Waals surface area contributed by atoms with Gasteiger partial charge in [-0.3, -0.25) is 19.8 Å². The minimum absolute atomic E-state index is 0. The van der Waals surface area contributed by atoms with E-state index in [0.717, 1.165) is 36.4 Å². The van der Waals surface area contributed by atoms with Crippen LogP contribution in [0.1, 0.15) is 15.9 Å². The number of nitrogen functional groups attached to an aromatic ring is 1. The van der Waals surface area contributed by atoms with E-state index in [4.69, 9.17) is 17.3 Å². The normalized spacial score (nSPS) is 14.0. The maximum absolute atomic E-state index is 14.1. The summed E-state index contributed by atoms with van der Waals surface area (Å²) < 4.78 is 183. The van der Waals surface area contributed by atoms with Gasteiger partial charge in [0.1, 0.15) is 62.5 Å². The molecule has 38 heteroatoms. The summed E-state index contributed by atoms with van der Waals surface area (Å²) in [5.74, 6) is -1.66. The molecular formula is C35H20ClN10Na5O17S5. The van der Waals surface area contributed by atoms with Gasteiger partial charge in [0.25, 0.3) is 10.1 Å². The van der Waals surface area contributed by atoms with Crippen LogP contribution in [-0.4, -0.2) is 91.3 Å². The van der Waals surface area contributed by atoms with Crippen LogP contribution in [0.25, 0.3) is 16.8 Å². The molecule has 73 heavy (non-hydrogen) atoms. The van der Waals surface area contributed by atoms with Crippen molar-refractivity contribution in [1.82, 2.24) is 15.0 Å². The Morgan fingerprint density at radius 1 is 0.671 bits per heavy atom. The molecule has 0 amide bonds. The average molecular weight is 1160 g/mol. The number of carbonyl (C=O) groups excluding carboxylic acids is 1. The van der Waals surface area contributed by atoms with Crippen molar-refractivity contribution in [1.29, 1.82) is 0 Å². The molecular weight excluding hydrogens is 1140 g/mol. The number of nitrogens with one attached hydrogen (secondary N) is 3. The van der Waals surface area contributed by atoms with Gasteiger partial charge in [0, 0.05) is 15.8 Å². The summed E-state index contributed by atoms with van der Waals surface area (Å²) in [6.07, 6.45) is 0.353. The summed E-state index contributed by atoms with van der Waals surface area (Å²) in [7, 11) is -27.7. The number of H-pyrrole nitrogens is 2. The average Bonchev–Trinajstić information content (AvgIpc) is 3.20. The van der Waals surface area contributed by atoms with Gasteiger partial charge in [-0.25, -0.2) is 48.6 Å². The molecule has 6 aromatic rings. The molecule has 0 spiro atoms. The Hall–Kier alpha value is -2.11.